The number of rotatable bonds is 1. The highest BCUT2D eigenvalue weighted by Crippen LogP contribution is 2.42. The number of aromatic nitrogens is 1. The van der Waals surface area contributed by atoms with Crippen LogP contribution in [0.4, 0.5) is 5.82 Å². The normalized spacial score (nSPS) is 29.1. The zero-order valence-corrected chi connectivity index (χ0v) is 10.8. The molecule has 94 valence electrons. The predicted octanol–water partition coefficient (Wildman–Crippen LogP) is 1.39. The Bertz CT molecular complexity index is 486. The van der Waals surface area contributed by atoms with E-state index in [2.05, 4.69) is 35.1 Å². The van der Waals surface area contributed by atoms with Gasteiger partial charge in [-0.3, -0.25) is 0 Å². The topological polar surface area (TPSA) is 52.0 Å². The number of pyridine rings is 1. The summed E-state index contributed by atoms with van der Waals surface area (Å²) in [6.45, 7) is 7.87. The van der Waals surface area contributed by atoms with Crippen molar-refractivity contribution in [3.63, 3.8) is 0 Å². The third-order valence-electron chi connectivity index (χ3n) is 4.51. The first kappa shape index (κ1) is 11.5. The number of nitriles is 1. The summed E-state index contributed by atoms with van der Waals surface area (Å²) in [5.41, 5.74) is 0.757. The van der Waals surface area contributed by atoms with Crippen LogP contribution in [0.1, 0.15) is 19.4 Å². The van der Waals surface area contributed by atoms with E-state index >= 15 is 0 Å². The van der Waals surface area contributed by atoms with Gasteiger partial charge in [-0.2, -0.15) is 5.26 Å². The molecule has 4 nitrogen and oxygen atoms in total. The van der Waals surface area contributed by atoms with Crippen LogP contribution in [0.5, 0.6) is 0 Å². The largest absolute Gasteiger partial charge is 0.351 e. The van der Waals surface area contributed by atoms with Gasteiger partial charge in [-0.1, -0.05) is 0 Å². The van der Waals surface area contributed by atoms with Crippen LogP contribution in [-0.2, 0) is 0 Å². The smallest absolute Gasteiger partial charge is 0.129 e. The summed E-state index contributed by atoms with van der Waals surface area (Å²) >= 11 is 0. The average molecular weight is 242 g/mol. The van der Waals surface area contributed by atoms with E-state index in [-0.39, 0.29) is 5.54 Å². The van der Waals surface area contributed by atoms with E-state index in [1.807, 2.05) is 12.1 Å². The van der Waals surface area contributed by atoms with Gasteiger partial charge < -0.3 is 10.2 Å². The van der Waals surface area contributed by atoms with Crippen LogP contribution in [0.3, 0.4) is 0 Å². The van der Waals surface area contributed by atoms with Gasteiger partial charge in [0.1, 0.15) is 11.9 Å². The lowest BCUT2D eigenvalue weighted by atomic mass is 9.85. The van der Waals surface area contributed by atoms with Crippen molar-refractivity contribution in [3.8, 4) is 6.07 Å². The molecule has 2 atom stereocenters. The first-order valence-corrected chi connectivity index (χ1v) is 6.47. The molecule has 2 aliphatic heterocycles. The van der Waals surface area contributed by atoms with Crippen LogP contribution in [0, 0.1) is 23.2 Å². The van der Waals surface area contributed by atoms with Gasteiger partial charge in [-0.15, -0.1) is 0 Å². The molecule has 0 aromatic carbocycles. The van der Waals surface area contributed by atoms with Crippen LogP contribution >= 0.6 is 0 Å². The van der Waals surface area contributed by atoms with Gasteiger partial charge in [-0.05, 0) is 37.8 Å². The molecule has 2 unspecified atom stereocenters. The first-order chi connectivity index (χ1) is 8.63. The molecule has 0 bridgehead atoms. The highest BCUT2D eigenvalue weighted by molar-refractivity contribution is 5.47. The SMILES string of the molecule is CC1(C)C2CNCC2CN1c1ccc(C#N)cn1. The number of fused-ring (bicyclic) bond motifs is 1. The molecule has 0 radical (unpaired) electrons. The van der Waals surface area contributed by atoms with E-state index in [0.717, 1.165) is 31.4 Å². The van der Waals surface area contributed by atoms with Crippen molar-refractivity contribution in [1.29, 1.82) is 5.26 Å². The molecule has 2 aliphatic rings. The lowest BCUT2D eigenvalue weighted by Crippen LogP contribution is -2.45. The Morgan fingerprint density at radius 2 is 2.28 bits per heavy atom. The van der Waals surface area contributed by atoms with Crippen molar-refractivity contribution < 1.29 is 0 Å². The summed E-state index contributed by atoms with van der Waals surface area (Å²) in [5.74, 6) is 2.40. The Balaban J connectivity index is 1.90. The Kier molecular flexibility index (Phi) is 2.53. The molecule has 3 heterocycles. The molecule has 0 spiro atoms. The van der Waals surface area contributed by atoms with E-state index in [1.165, 1.54) is 0 Å². The quantitative estimate of drug-likeness (QED) is 0.808. The molecular weight excluding hydrogens is 224 g/mol. The Morgan fingerprint density at radius 1 is 1.44 bits per heavy atom. The zero-order valence-electron chi connectivity index (χ0n) is 10.8. The second-order valence-electron chi connectivity index (χ2n) is 5.81. The third-order valence-corrected chi connectivity index (χ3v) is 4.51. The summed E-state index contributed by atoms with van der Waals surface area (Å²) in [7, 11) is 0. The fourth-order valence-electron chi connectivity index (χ4n) is 3.42. The van der Waals surface area contributed by atoms with Gasteiger partial charge in [0.15, 0.2) is 0 Å². The molecule has 2 fully saturated rings. The number of anilines is 1. The molecule has 4 heteroatoms. The Morgan fingerprint density at radius 3 is 2.89 bits per heavy atom. The maximum atomic E-state index is 8.82. The van der Waals surface area contributed by atoms with Crippen LogP contribution in [-0.4, -0.2) is 30.2 Å². The van der Waals surface area contributed by atoms with E-state index in [9.17, 15) is 0 Å². The number of nitrogens with one attached hydrogen (secondary N) is 1. The van der Waals surface area contributed by atoms with Crippen molar-refractivity contribution in [3.05, 3.63) is 23.9 Å². The van der Waals surface area contributed by atoms with E-state index in [1.54, 1.807) is 6.20 Å². The van der Waals surface area contributed by atoms with Gasteiger partial charge in [0, 0.05) is 31.4 Å². The minimum Gasteiger partial charge on any atom is -0.351 e. The number of nitrogens with zero attached hydrogens (tertiary/aromatic N) is 3. The molecule has 1 aromatic rings. The molecule has 1 aromatic heterocycles. The molecule has 0 amide bonds. The minimum atomic E-state index is 0.134. The molecule has 3 rings (SSSR count). The zero-order chi connectivity index (χ0) is 12.8. The molecule has 1 N–H and O–H groups in total. The highest BCUT2D eigenvalue weighted by Gasteiger charge is 2.49. The van der Waals surface area contributed by atoms with Crippen LogP contribution < -0.4 is 10.2 Å². The fraction of sp³-hybridized carbons (Fsp3) is 0.571. The van der Waals surface area contributed by atoms with E-state index < -0.39 is 0 Å². The molecule has 0 saturated carbocycles. The summed E-state index contributed by atoms with van der Waals surface area (Å²) < 4.78 is 0. The van der Waals surface area contributed by atoms with Crippen molar-refractivity contribution in [1.82, 2.24) is 10.3 Å². The monoisotopic (exact) mass is 242 g/mol. The van der Waals surface area contributed by atoms with Gasteiger partial charge in [0.25, 0.3) is 0 Å². The third kappa shape index (κ3) is 1.58. The minimum absolute atomic E-state index is 0.134. The van der Waals surface area contributed by atoms with Crippen LogP contribution in [0.15, 0.2) is 18.3 Å². The van der Waals surface area contributed by atoms with Gasteiger partial charge >= 0.3 is 0 Å². The van der Waals surface area contributed by atoms with Gasteiger partial charge in [-0.25, -0.2) is 4.98 Å². The Hall–Kier alpha value is -1.60. The van der Waals surface area contributed by atoms with Crippen molar-refractivity contribution >= 4 is 5.82 Å². The number of hydrogen-bond donors (Lipinski definition) is 1. The van der Waals surface area contributed by atoms with Crippen LogP contribution in [0.25, 0.3) is 0 Å². The summed E-state index contributed by atoms with van der Waals surface area (Å²) in [6.07, 6.45) is 1.66. The predicted molar refractivity (Wildman–Crippen MR) is 70.2 cm³/mol. The lowest BCUT2D eigenvalue weighted by Gasteiger charge is -2.36. The van der Waals surface area contributed by atoms with Gasteiger partial charge in [0.2, 0.25) is 0 Å². The second kappa shape index (κ2) is 3.96. The summed E-state index contributed by atoms with van der Waals surface area (Å²) in [5, 5.41) is 12.3. The number of hydrogen-bond acceptors (Lipinski definition) is 4. The van der Waals surface area contributed by atoms with E-state index in [4.69, 9.17) is 5.26 Å². The lowest BCUT2D eigenvalue weighted by molar-refractivity contribution is 0.356. The average Bonchev–Trinajstić information content (AvgIpc) is 2.92. The van der Waals surface area contributed by atoms with Crippen molar-refractivity contribution in [2.45, 2.75) is 19.4 Å². The van der Waals surface area contributed by atoms with Gasteiger partial charge in [0.05, 0.1) is 5.56 Å². The fourth-order valence-corrected chi connectivity index (χ4v) is 3.42. The maximum Gasteiger partial charge on any atom is 0.129 e. The Labute approximate surface area is 108 Å². The van der Waals surface area contributed by atoms with E-state index in [0.29, 0.717) is 11.5 Å². The molecular formula is C14H18N4. The second-order valence-corrected chi connectivity index (χ2v) is 5.81. The van der Waals surface area contributed by atoms with Crippen molar-refractivity contribution in [2.75, 3.05) is 24.5 Å². The van der Waals surface area contributed by atoms with Crippen LogP contribution in [0.2, 0.25) is 0 Å². The highest BCUT2D eigenvalue weighted by atomic mass is 15.3. The molecule has 18 heavy (non-hydrogen) atoms. The maximum absolute atomic E-state index is 8.82. The standard InChI is InChI=1S/C14H18N4/c1-14(2)12-8-16-7-11(12)9-18(14)13-4-3-10(5-15)6-17-13/h3-4,6,11-12,16H,7-9H2,1-2H3. The van der Waals surface area contributed by atoms with Crippen molar-refractivity contribution in [2.24, 2.45) is 11.8 Å². The molecule has 0 aliphatic carbocycles. The molecule has 2 saturated heterocycles. The first-order valence-electron chi connectivity index (χ1n) is 6.47. The summed E-state index contributed by atoms with van der Waals surface area (Å²) in [4.78, 5) is 6.83. The summed E-state index contributed by atoms with van der Waals surface area (Å²) in [6, 6.07) is 5.93.